The van der Waals surface area contributed by atoms with Crippen molar-refractivity contribution in [1.82, 2.24) is 15.3 Å². The van der Waals surface area contributed by atoms with Crippen molar-refractivity contribution in [3.63, 3.8) is 0 Å². The average molecular weight is 560 g/mol. The molecule has 4 aliphatic rings. The highest BCUT2D eigenvalue weighted by Crippen LogP contribution is 2.46. The fraction of sp³-hybridized carbons (Fsp3) is 0.700. The second-order valence-electron chi connectivity index (χ2n) is 12.3. The minimum absolute atomic E-state index is 0.112. The fourth-order valence-corrected chi connectivity index (χ4v) is 5.81. The van der Waals surface area contributed by atoms with Crippen molar-refractivity contribution in [2.24, 2.45) is 0 Å². The van der Waals surface area contributed by atoms with Gasteiger partial charge in [-0.05, 0) is 84.6 Å². The van der Waals surface area contributed by atoms with E-state index in [1.807, 2.05) is 26.8 Å². The van der Waals surface area contributed by atoms with E-state index in [4.69, 9.17) is 23.7 Å². The van der Waals surface area contributed by atoms with Gasteiger partial charge in [0.25, 0.3) is 0 Å². The molecule has 220 valence electrons. The topological polar surface area (TPSA) is 101 Å². The van der Waals surface area contributed by atoms with Crippen molar-refractivity contribution in [1.29, 1.82) is 0 Å². The van der Waals surface area contributed by atoms with Gasteiger partial charge < -0.3 is 29.0 Å². The Balaban J connectivity index is 1.16. The Morgan fingerprint density at radius 3 is 2.70 bits per heavy atom. The molecule has 0 aromatic carbocycles. The summed E-state index contributed by atoms with van der Waals surface area (Å²) in [6, 6.07) is 3.59. The van der Waals surface area contributed by atoms with Crippen molar-refractivity contribution >= 4 is 17.1 Å². The molecule has 40 heavy (non-hydrogen) atoms. The van der Waals surface area contributed by atoms with Crippen LogP contribution >= 0.6 is 0 Å². The van der Waals surface area contributed by atoms with E-state index >= 15 is 4.39 Å². The maximum absolute atomic E-state index is 15.0. The van der Waals surface area contributed by atoms with E-state index in [9.17, 15) is 4.79 Å². The summed E-state index contributed by atoms with van der Waals surface area (Å²) in [7, 11) is 0. The number of fused-ring (bicyclic) bond motifs is 4. The van der Waals surface area contributed by atoms with E-state index in [-0.39, 0.29) is 17.7 Å². The molecule has 4 fully saturated rings. The summed E-state index contributed by atoms with van der Waals surface area (Å²) in [5, 5.41) is 3.06. The number of nitrogens with zero attached hydrogens (tertiary/aromatic N) is 2. The van der Waals surface area contributed by atoms with Crippen LogP contribution in [0.5, 0.6) is 5.88 Å². The summed E-state index contributed by atoms with van der Waals surface area (Å²) in [4.78, 5) is 21.2. The second kappa shape index (κ2) is 12.1. The summed E-state index contributed by atoms with van der Waals surface area (Å²) in [5.41, 5.74) is 0.390. The molecule has 3 saturated heterocycles. The molecule has 1 amide bonds. The van der Waals surface area contributed by atoms with Crippen molar-refractivity contribution < 1.29 is 32.9 Å². The Kier molecular flexibility index (Phi) is 8.78. The van der Waals surface area contributed by atoms with E-state index in [1.54, 1.807) is 6.07 Å². The zero-order valence-corrected chi connectivity index (χ0v) is 23.9. The van der Waals surface area contributed by atoms with E-state index in [1.165, 1.54) is 6.20 Å². The molecular formula is C30H42FN3O6. The van der Waals surface area contributed by atoms with Gasteiger partial charge in [0.15, 0.2) is 6.29 Å². The Hall–Kier alpha value is -2.56. The van der Waals surface area contributed by atoms with Gasteiger partial charge in [0.05, 0.1) is 48.2 Å². The lowest BCUT2D eigenvalue weighted by atomic mass is 9.69. The van der Waals surface area contributed by atoms with Gasteiger partial charge >= 0.3 is 6.09 Å². The molecule has 0 radical (unpaired) electrons. The van der Waals surface area contributed by atoms with Gasteiger partial charge in [0, 0.05) is 24.7 Å². The molecule has 1 atom stereocenters. The van der Waals surface area contributed by atoms with Gasteiger partial charge in [-0.15, -0.1) is 0 Å². The number of nitrogens with one attached hydrogen (secondary N) is 1. The lowest BCUT2D eigenvalue weighted by molar-refractivity contribution is -0.163. The minimum Gasteiger partial charge on any atom is -0.478 e. The highest BCUT2D eigenvalue weighted by molar-refractivity contribution is 5.78. The number of rotatable bonds is 10. The zero-order chi connectivity index (χ0) is 28.2. The summed E-state index contributed by atoms with van der Waals surface area (Å²) in [5.74, 6) is 0.0693. The van der Waals surface area contributed by atoms with Crippen LogP contribution in [-0.4, -0.2) is 65.5 Å². The fourth-order valence-electron chi connectivity index (χ4n) is 5.81. The number of carbonyl (C=O) groups excluding carboxylic acids is 1. The molecule has 6 rings (SSSR count). The summed E-state index contributed by atoms with van der Waals surface area (Å²) < 4.78 is 44.1. The molecule has 1 saturated carbocycles. The van der Waals surface area contributed by atoms with Crippen LogP contribution in [0.2, 0.25) is 0 Å². The second-order valence-corrected chi connectivity index (χ2v) is 12.3. The maximum atomic E-state index is 15.0. The van der Waals surface area contributed by atoms with E-state index in [0.717, 1.165) is 51.6 Å². The number of alkyl carbamates (subject to hydrolysis) is 1. The van der Waals surface area contributed by atoms with Crippen LogP contribution in [0.1, 0.15) is 84.1 Å². The SMILES string of the molecule is CC(C)(C)OC(=O)NC12CCC(CCc3c(F)cnc4ccc(OCCCOC5CCCCO5)nc34)(CC1)OC2. The molecule has 9 nitrogen and oxygen atoms in total. The third-order valence-corrected chi connectivity index (χ3v) is 8.09. The van der Waals surface area contributed by atoms with Gasteiger partial charge in [-0.1, -0.05) is 0 Å². The van der Waals surface area contributed by atoms with Crippen molar-refractivity contribution in [2.75, 3.05) is 26.4 Å². The third-order valence-electron chi connectivity index (χ3n) is 8.09. The molecule has 2 bridgehead atoms. The number of hydrogen-bond donors (Lipinski definition) is 1. The van der Waals surface area contributed by atoms with E-state index in [2.05, 4.69) is 15.3 Å². The Morgan fingerprint density at radius 1 is 1.18 bits per heavy atom. The van der Waals surface area contributed by atoms with Gasteiger partial charge in [0.1, 0.15) is 11.4 Å². The van der Waals surface area contributed by atoms with Crippen LogP contribution in [0.3, 0.4) is 0 Å². The number of halogens is 1. The molecule has 1 aliphatic carbocycles. The third kappa shape index (κ3) is 7.19. The lowest BCUT2D eigenvalue weighted by Gasteiger charge is -2.53. The Bertz CT molecular complexity index is 1160. The molecule has 2 aromatic heterocycles. The largest absolute Gasteiger partial charge is 0.478 e. The molecule has 0 spiro atoms. The van der Waals surface area contributed by atoms with Crippen LogP contribution in [0.15, 0.2) is 18.3 Å². The Morgan fingerprint density at radius 2 is 2.00 bits per heavy atom. The molecule has 1 N–H and O–H groups in total. The summed E-state index contributed by atoms with van der Waals surface area (Å²) in [6.07, 6.45) is 8.95. The van der Waals surface area contributed by atoms with Gasteiger partial charge in [-0.3, -0.25) is 4.98 Å². The van der Waals surface area contributed by atoms with Crippen molar-refractivity contribution in [3.8, 4) is 5.88 Å². The number of aryl methyl sites for hydroxylation is 1. The molecule has 3 aliphatic heterocycles. The molecular weight excluding hydrogens is 517 g/mol. The number of pyridine rings is 2. The predicted octanol–water partition coefficient (Wildman–Crippen LogP) is 5.62. The minimum atomic E-state index is -0.552. The monoisotopic (exact) mass is 559 g/mol. The first-order valence-corrected chi connectivity index (χ1v) is 14.6. The molecule has 5 heterocycles. The number of carbonyl (C=O) groups is 1. The van der Waals surface area contributed by atoms with Gasteiger partial charge in [-0.2, -0.15) is 0 Å². The number of ether oxygens (including phenoxy) is 5. The molecule has 10 heteroatoms. The maximum Gasteiger partial charge on any atom is 0.408 e. The van der Waals surface area contributed by atoms with Crippen LogP contribution in [-0.2, 0) is 25.4 Å². The summed E-state index contributed by atoms with van der Waals surface area (Å²) in [6.45, 7) is 7.73. The first-order valence-electron chi connectivity index (χ1n) is 14.6. The number of amides is 1. The van der Waals surface area contributed by atoms with E-state index in [0.29, 0.717) is 61.6 Å². The first kappa shape index (κ1) is 29.0. The smallest absolute Gasteiger partial charge is 0.408 e. The van der Waals surface area contributed by atoms with Gasteiger partial charge in [-0.25, -0.2) is 14.2 Å². The summed E-state index contributed by atoms with van der Waals surface area (Å²) >= 11 is 0. The highest BCUT2D eigenvalue weighted by Gasteiger charge is 2.50. The van der Waals surface area contributed by atoms with Gasteiger partial charge in [0.2, 0.25) is 5.88 Å². The zero-order valence-electron chi connectivity index (χ0n) is 23.9. The first-order chi connectivity index (χ1) is 19.1. The standard InChI is InChI=1S/C30H42FN3O6/c1-28(2,3)40-27(35)34-29-12-14-30(15-13-29,39-20-29)11-10-21-22(31)19-32-23-8-9-24(33-26(21)23)36-17-6-18-38-25-7-4-5-16-37-25/h8-9,19,25H,4-7,10-18,20H2,1-3H3,(H,34,35). The molecule has 2 aromatic rings. The average Bonchev–Trinajstić information content (AvgIpc) is 2.93. The quantitative estimate of drug-likeness (QED) is 0.375. The molecule has 1 unspecified atom stereocenters. The van der Waals surface area contributed by atoms with Crippen LogP contribution in [0, 0.1) is 5.82 Å². The predicted molar refractivity (Wildman–Crippen MR) is 147 cm³/mol. The van der Waals surface area contributed by atoms with Crippen molar-refractivity contribution in [3.05, 3.63) is 29.7 Å². The highest BCUT2D eigenvalue weighted by atomic mass is 19.1. The number of aromatic nitrogens is 2. The van der Waals surface area contributed by atoms with Crippen molar-refractivity contribution in [2.45, 2.75) is 108 Å². The van der Waals surface area contributed by atoms with Crippen LogP contribution < -0.4 is 10.1 Å². The lowest BCUT2D eigenvalue weighted by Crippen LogP contribution is -2.63. The normalized spacial score (nSPS) is 26.6. The Labute approximate surface area is 235 Å². The van der Waals surface area contributed by atoms with Crippen LogP contribution in [0.4, 0.5) is 9.18 Å². The number of hydrogen-bond acceptors (Lipinski definition) is 8. The van der Waals surface area contributed by atoms with E-state index < -0.39 is 17.2 Å². The van der Waals surface area contributed by atoms with Crippen LogP contribution in [0.25, 0.3) is 11.0 Å².